The van der Waals surface area contributed by atoms with Gasteiger partial charge in [0.1, 0.15) is 12.4 Å². The van der Waals surface area contributed by atoms with E-state index in [1.165, 1.54) is 0 Å². The van der Waals surface area contributed by atoms with E-state index in [0.29, 0.717) is 34.5 Å². The molecule has 0 spiro atoms. The Morgan fingerprint density at radius 3 is 2.11 bits per heavy atom. The largest absolute Gasteiger partial charge is 0.493 e. The van der Waals surface area contributed by atoms with Crippen LogP contribution in [-0.2, 0) is 0 Å². The van der Waals surface area contributed by atoms with Crippen LogP contribution in [0.5, 0.6) is 34.5 Å². The number of aliphatic hydroxyl groups excluding tert-OH is 1. The first-order valence-electron chi connectivity index (χ1n) is 8.60. The van der Waals surface area contributed by atoms with Crippen LogP contribution in [-0.4, -0.2) is 46.4 Å². The smallest absolute Gasteiger partial charge is 0.231 e. The molecule has 7 heteroatoms. The van der Waals surface area contributed by atoms with Crippen LogP contribution >= 0.6 is 0 Å². The van der Waals surface area contributed by atoms with Crippen LogP contribution < -0.4 is 28.4 Å². The number of hydrogen-bond donors (Lipinski definition) is 1. The van der Waals surface area contributed by atoms with E-state index in [-0.39, 0.29) is 25.9 Å². The molecule has 1 aliphatic heterocycles. The van der Waals surface area contributed by atoms with Crippen LogP contribution in [0.4, 0.5) is 0 Å². The standard InChI is InChI=1S/C20H24O7/c1-12(13-7-18(22-2)20(24-4)19(8-13)23-3)14-9-16-17(27-11-26-16)10-15(14)25-6-5-21/h7-10,12,21H,5-6,11H2,1-4H3/t12-/m1/s1. The van der Waals surface area contributed by atoms with Crippen molar-refractivity contribution >= 4 is 0 Å². The molecule has 0 amide bonds. The lowest BCUT2D eigenvalue weighted by Gasteiger charge is -2.20. The average Bonchev–Trinajstić information content (AvgIpc) is 3.17. The minimum atomic E-state index is -0.0769. The molecular formula is C20H24O7. The predicted octanol–water partition coefficient (Wildman–Crippen LogP) is 2.96. The average molecular weight is 376 g/mol. The van der Waals surface area contributed by atoms with Crippen LogP contribution in [0.2, 0.25) is 0 Å². The highest BCUT2D eigenvalue weighted by Crippen LogP contribution is 2.45. The van der Waals surface area contributed by atoms with Gasteiger partial charge in [0, 0.05) is 17.5 Å². The fraction of sp³-hybridized carbons (Fsp3) is 0.400. The summed E-state index contributed by atoms with van der Waals surface area (Å²) in [5.74, 6) is 3.56. The lowest BCUT2D eigenvalue weighted by molar-refractivity contribution is 0.173. The number of methoxy groups -OCH3 is 3. The van der Waals surface area contributed by atoms with Gasteiger partial charge >= 0.3 is 0 Å². The molecule has 7 nitrogen and oxygen atoms in total. The van der Waals surface area contributed by atoms with E-state index in [1.807, 2.05) is 25.1 Å². The molecule has 27 heavy (non-hydrogen) atoms. The molecule has 0 saturated heterocycles. The molecule has 0 saturated carbocycles. The molecule has 146 valence electrons. The SMILES string of the molecule is COc1cc([C@@H](C)c2cc3c(cc2OCCO)OCO3)cc(OC)c1OC. The van der Waals surface area contributed by atoms with E-state index < -0.39 is 0 Å². The molecule has 1 heterocycles. The van der Waals surface area contributed by atoms with Gasteiger partial charge in [0.2, 0.25) is 12.5 Å². The van der Waals surface area contributed by atoms with Crippen molar-refractivity contribution in [3.63, 3.8) is 0 Å². The highest BCUT2D eigenvalue weighted by molar-refractivity contribution is 5.58. The number of benzene rings is 2. The summed E-state index contributed by atoms with van der Waals surface area (Å²) in [7, 11) is 4.74. The van der Waals surface area contributed by atoms with Crippen LogP contribution in [0.3, 0.4) is 0 Å². The summed E-state index contributed by atoms with van der Waals surface area (Å²) in [6.07, 6.45) is 0. The van der Waals surface area contributed by atoms with Crippen molar-refractivity contribution in [2.45, 2.75) is 12.8 Å². The predicted molar refractivity (Wildman–Crippen MR) is 98.8 cm³/mol. The molecule has 0 bridgehead atoms. The van der Waals surface area contributed by atoms with Crippen LogP contribution in [0, 0.1) is 0 Å². The Balaban J connectivity index is 2.06. The fourth-order valence-electron chi connectivity index (χ4n) is 3.09. The number of ether oxygens (including phenoxy) is 6. The topological polar surface area (TPSA) is 75.6 Å². The number of fused-ring (bicyclic) bond motifs is 1. The summed E-state index contributed by atoms with van der Waals surface area (Å²) in [6.45, 7) is 2.34. The Labute approximate surface area is 158 Å². The van der Waals surface area contributed by atoms with Crippen molar-refractivity contribution < 1.29 is 33.5 Å². The zero-order valence-corrected chi connectivity index (χ0v) is 15.9. The van der Waals surface area contributed by atoms with Gasteiger partial charge in [0.15, 0.2) is 23.0 Å². The van der Waals surface area contributed by atoms with Crippen LogP contribution in [0.15, 0.2) is 24.3 Å². The van der Waals surface area contributed by atoms with E-state index >= 15 is 0 Å². The first-order valence-corrected chi connectivity index (χ1v) is 8.60. The second-order valence-corrected chi connectivity index (χ2v) is 6.00. The van der Waals surface area contributed by atoms with E-state index in [2.05, 4.69) is 0 Å². The second kappa shape index (κ2) is 8.26. The van der Waals surface area contributed by atoms with Gasteiger partial charge < -0.3 is 33.5 Å². The summed E-state index contributed by atoms with van der Waals surface area (Å²) < 4.78 is 33.0. The number of aliphatic hydroxyl groups is 1. The van der Waals surface area contributed by atoms with Gasteiger partial charge in [-0.1, -0.05) is 6.92 Å². The first-order chi connectivity index (χ1) is 13.1. The Kier molecular flexibility index (Phi) is 5.81. The normalized spacial score (nSPS) is 13.2. The quantitative estimate of drug-likeness (QED) is 0.759. The van der Waals surface area contributed by atoms with Crippen molar-refractivity contribution in [2.24, 2.45) is 0 Å². The van der Waals surface area contributed by atoms with Crippen LogP contribution in [0.1, 0.15) is 24.0 Å². The third kappa shape index (κ3) is 3.68. The maximum Gasteiger partial charge on any atom is 0.231 e. The van der Waals surface area contributed by atoms with Gasteiger partial charge in [0.05, 0.1) is 27.9 Å². The monoisotopic (exact) mass is 376 g/mol. The third-order valence-corrected chi connectivity index (χ3v) is 4.51. The molecule has 0 radical (unpaired) electrons. The number of rotatable bonds is 8. The Bertz CT molecular complexity index is 778. The van der Waals surface area contributed by atoms with Gasteiger partial charge in [-0.05, 0) is 23.8 Å². The van der Waals surface area contributed by atoms with E-state index in [4.69, 9.17) is 33.5 Å². The minimum Gasteiger partial charge on any atom is -0.493 e. The Morgan fingerprint density at radius 2 is 1.56 bits per heavy atom. The van der Waals surface area contributed by atoms with Crippen molar-refractivity contribution in [1.82, 2.24) is 0 Å². The molecule has 0 unspecified atom stereocenters. The maximum absolute atomic E-state index is 9.13. The fourth-order valence-corrected chi connectivity index (χ4v) is 3.09. The number of hydrogen-bond acceptors (Lipinski definition) is 7. The highest BCUT2D eigenvalue weighted by atomic mass is 16.7. The summed E-state index contributed by atoms with van der Waals surface area (Å²) in [5, 5.41) is 9.13. The molecule has 2 aromatic carbocycles. The molecule has 1 atom stereocenters. The molecule has 0 aliphatic carbocycles. The molecular weight excluding hydrogens is 352 g/mol. The summed E-state index contributed by atoms with van der Waals surface area (Å²) in [5.41, 5.74) is 1.86. The molecule has 1 aliphatic rings. The second-order valence-electron chi connectivity index (χ2n) is 6.00. The zero-order chi connectivity index (χ0) is 19.4. The molecule has 1 N–H and O–H groups in total. The lowest BCUT2D eigenvalue weighted by Crippen LogP contribution is -2.07. The Hall–Kier alpha value is -2.80. The summed E-state index contributed by atoms with van der Waals surface area (Å²) in [6, 6.07) is 7.52. The maximum atomic E-state index is 9.13. The van der Waals surface area contributed by atoms with Gasteiger partial charge in [0.25, 0.3) is 0 Å². The zero-order valence-electron chi connectivity index (χ0n) is 15.9. The van der Waals surface area contributed by atoms with E-state index in [0.717, 1.165) is 11.1 Å². The third-order valence-electron chi connectivity index (χ3n) is 4.51. The van der Waals surface area contributed by atoms with E-state index in [9.17, 15) is 0 Å². The lowest BCUT2D eigenvalue weighted by atomic mass is 9.91. The van der Waals surface area contributed by atoms with Crippen molar-refractivity contribution in [3.8, 4) is 34.5 Å². The van der Waals surface area contributed by atoms with Gasteiger partial charge in [-0.25, -0.2) is 0 Å². The van der Waals surface area contributed by atoms with Gasteiger partial charge in [-0.3, -0.25) is 0 Å². The van der Waals surface area contributed by atoms with Gasteiger partial charge in [-0.15, -0.1) is 0 Å². The summed E-state index contributed by atoms with van der Waals surface area (Å²) >= 11 is 0. The van der Waals surface area contributed by atoms with Crippen LogP contribution in [0.25, 0.3) is 0 Å². The summed E-state index contributed by atoms with van der Waals surface area (Å²) in [4.78, 5) is 0. The molecule has 2 aromatic rings. The highest BCUT2D eigenvalue weighted by Gasteiger charge is 2.24. The Morgan fingerprint density at radius 1 is 0.926 bits per heavy atom. The molecule has 0 aromatic heterocycles. The first kappa shape index (κ1) is 19.0. The van der Waals surface area contributed by atoms with Crippen molar-refractivity contribution in [2.75, 3.05) is 41.3 Å². The van der Waals surface area contributed by atoms with Crippen molar-refractivity contribution in [3.05, 3.63) is 35.4 Å². The molecule has 3 rings (SSSR count). The van der Waals surface area contributed by atoms with Gasteiger partial charge in [-0.2, -0.15) is 0 Å². The molecule has 0 fully saturated rings. The van der Waals surface area contributed by atoms with Crippen molar-refractivity contribution in [1.29, 1.82) is 0 Å². The minimum absolute atomic E-state index is 0.0677. The van der Waals surface area contributed by atoms with E-state index in [1.54, 1.807) is 27.4 Å².